The minimum atomic E-state index is -1.30. The number of hydrogen-bond acceptors (Lipinski definition) is 5. The number of carboxylic acid groups (broad SMARTS) is 1. The van der Waals surface area contributed by atoms with Gasteiger partial charge in [-0.1, -0.05) is 35.9 Å². The van der Waals surface area contributed by atoms with Gasteiger partial charge in [0.15, 0.2) is 0 Å². The second-order valence-electron chi connectivity index (χ2n) is 6.38. The molecule has 0 fully saturated rings. The molecule has 0 radical (unpaired) electrons. The monoisotopic (exact) mass is 405 g/mol. The summed E-state index contributed by atoms with van der Waals surface area (Å²) in [5, 5.41) is 17.1. The van der Waals surface area contributed by atoms with Crippen LogP contribution in [0.2, 0.25) is 5.02 Å². The zero-order valence-corrected chi connectivity index (χ0v) is 16.0. The topological polar surface area (TPSA) is 85.9 Å². The van der Waals surface area contributed by atoms with Crippen molar-refractivity contribution in [2.45, 2.75) is 6.92 Å². The van der Waals surface area contributed by atoms with E-state index in [4.69, 9.17) is 16.0 Å². The molecule has 6 nitrogen and oxygen atoms in total. The fraction of sp³-hybridized carbons (Fsp3) is 0.0455. The Morgan fingerprint density at radius 2 is 1.90 bits per heavy atom. The summed E-state index contributed by atoms with van der Waals surface area (Å²) in [5.74, 6) is -0.766. The zero-order valence-electron chi connectivity index (χ0n) is 15.3. The molecule has 2 heterocycles. The predicted molar refractivity (Wildman–Crippen MR) is 108 cm³/mol. The number of para-hydroxylation sites is 1. The molecule has 0 atom stereocenters. The lowest BCUT2D eigenvalue weighted by molar-refractivity contribution is -0.255. The lowest BCUT2D eigenvalue weighted by Crippen LogP contribution is -2.22. The summed E-state index contributed by atoms with van der Waals surface area (Å²) < 4.78 is 5.78. The van der Waals surface area contributed by atoms with Crippen LogP contribution in [0.1, 0.15) is 23.0 Å². The fourth-order valence-corrected chi connectivity index (χ4v) is 3.20. The predicted octanol–water partition coefficient (Wildman–Crippen LogP) is 3.77. The minimum absolute atomic E-state index is 0.00634. The number of furan rings is 1. The maximum Gasteiger partial charge on any atom is 0.280 e. The molecule has 0 aliphatic carbocycles. The van der Waals surface area contributed by atoms with Crippen molar-refractivity contribution < 1.29 is 19.1 Å². The summed E-state index contributed by atoms with van der Waals surface area (Å²) in [4.78, 5) is 23.9. The molecule has 0 unspecified atom stereocenters. The van der Waals surface area contributed by atoms with E-state index < -0.39 is 5.97 Å². The SMILES string of the molecule is CC1=NN(c2ccccc2)C(=O)/C1=C\c1ccc(-c2cc(C(=O)[O-])ccc2Cl)o1. The molecule has 1 aromatic heterocycles. The van der Waals surface area contributed by atoms with Gasteiger partial charge in [0.25, 0.3) is 5.91 Å². The Labute approximate surface area is 171 Å². The van der Waals surface area contributed by atoms with Crippen LogP contribution in [0.25, 0.3) is 17.4 Å². The van der Waals surface area contributed by atoms with Crippen molar-refractivity contribution in [2.75, 3.05) is 5.01 Å². The van der Waals surface area contributed by atoms with Gasteiger partial charge in [0.2, 0.25) is 0 Å². The highest BCUT2D eigenvalue weighted by Crippen LogP contribution is 2.32. The van der Waals surface area contributed by atoms with Gasteiger partial charge in [-0.3, -0.25) is 4.79 Å². The number of benzene rings is 2. The van der Waals surface area contributed by atoms with Gasteiger partial charge in [-0.05, 0) is 55.0 Å². The molecule has 0 bridgehead atoms. The van der Waals surface area contributed by atoms with Crippen molar-refractivity contribution in [1.29, 1.82) is 0 Å². The molecular formula is C22H14ClN2O4-. The van der Waals surface area contributed by atoms with Crippen LogP contribution in [0.15, 0.2) is 75.8 Å². The maximum absolute atomic E-state index is 12.8. The minimum Gasteiger partial charge on any atom is -0.545 e. The Morgan fingerprint density at radius 1 is 1.14 bits per heavy atom. The van der Waals surface area contributed by atoms with Crippen molar-refractivity contribution in [1.82, 2.24) is 0 Å². The molecule has 0 saturated carbocycles. The Bertz CT molecular complexity index is 1180. The van der Waals surface area contributed by atoms with Crippen molar-refractivity contribution in [3.05, 3.63) is 82.6 Å². The molecular weight excluding hydrogens is 392 g/mol. The highest BCUT2D eigenvalue weighted by Gasteiger charge is 2.29. The highest BCUT2D eigenvalue weighted by atomic mass is 35.5. The zero-order chi connectivity index (χ0) is 20.5. The standard InChI is InChI=1S/C22H15ClN2O4/c1-13-17(21(26)25(24-13)15-5-3-2-4-6-15)12-16-8-10-20(29-16)18-11-14(22(27)28)7-9-19(18)23/h2-12H,1H3,(H,27,28)/p-1/b17-12-. The van der Waals surface area contributed by atoms with Crippen LogP contribution in [0.4, 0.5) is 5.69 Å². The molecule has 1 amide bonds. The number of halogens is 1. The number of aromatic carboxylic acids is 1. The molecule has 3 aromatic rings. The third-order valence-corrected chi connectivity index (χ3v) is 4.77. The summed E-state index contributed by atoms with van der Waals surface area (Å²) in [7, 11) is 0. The molecule has 4 rings (SSSR count). The number of amides is 1. The lowest BCUT2D eigenvalue weighted by Gasteiger charge is -2.10. The van der Waals surface area contributed by atoms with E-state index in [1.807, 2.05) is 18.2 Å². The van der Waals surface area contributed by atoms with Crippen LogP contribution in [-0.4, -0.2) is 17.6 Å². The summed E-state index contributed by atoms with van der Waals surface area (Å²) in [6, 6.07) is 16.7. The first kappa shape index (κ1) is 18.7. The van der Waals surface area contributed by atoms with Gasteiger partial charge in [-0.15, -0.1) is 0 Å². The maximum atomic E-state index is 12.8. The van der Waals surface area contributed by atoms with Crippen molar-refractivity contribution in [3.8, 4) is 11.3 Å². The second kappa shape index (κ2) is 7.41. The molecule has 0 N–H and O–H groups in total. The van der Waals surface area contributed by atoms with Crippen LogP contribution in [0.5, 0.6) is 0 Å². The molecule has 7 heteroatoms. The Hall–Kier alpha value is -3.64. The van der Waals surface area contributed by atoms with Crippen LogP contribution < -0.4 is 10.1 Å². The van der Waals surface area contributed by atoms with Crippen LogP contribution in [0.3, 0.4) is 0 Å². The number of nitrogens with zero attached hydrogens (tertiary/aromatic N) is 2. The van der Waals surface area contributed by atoms with Crippen LogP contribution >= 0.6 is 11.6 Å². The molecule has 1 aliphatic heterocycles. The van der Waals surface area contributed by atoms with Gasteiger partial charge in [-0.25, -0.2) is 0 Å². The van der Waals surface area contributed by atoms with E-state index in [-0.39, 0.29) is 11.5 Å². The third-order valence-electron chi connectivity index (χ3n) is 4.44. The number of hydrazone groups is 1. The summed E-state index contributed by atoms with van der Waals surface area (Å²) in [5.41, 5.74) is 2.06. The van der Waals surface area contributed by atoms with Gasteiger partial charge in [0, 0.05) is 5.56 Å². The molecule has 29 heavy (non-hydrogen) atoms. The number of anilines is 1. The normalized spacial score (nSPS) is 15.1. The van der Waals surface area contributed by atoms with Crippen LogP contribution in [-0.2, 0) is 4.79 Å². The number of hydrogen-bond donors (Lipinski definition) is 0. The largest absolute Gasteiger partial charge is 0.545 e. The Kier molecular flexibility index (Phi) is 4.78. The molecule has 0 spiro atoms. The first-order valence-corrected chi connectivity index (χ1v) is 9.10. The Balaban J connectivity index is 1.65. The Morgan fingerprint density at radius 3 is 2.62 bits per heavy atom. The highest BCUT2D eigenvalue weighted by molar-refractivity contribution is 6.33. The van der Waals surface area contributed by atoms with E-state index in [1.54, 1.807) is 37.3 Å². The third kappa shape index (κ3) is 3.58. The number of carbonyl (C=O) groups excluding carboxylic acids is 2. The first-order chi connectivity index (χ1) is 13.9. The number of carboxylic acids is 1. The smallest absolute Gasteiger partial charge is 0.280 e. The van der Waals surface area contributed by atoms with Crippen molar-refractivity contribution in [3.63, 3.8) is 0 Å². The van der Waals surface area contributed by atoms with E-state index in [2.05, 4.69) is 5.10 Å². The fourth-order valence-electron chi connectivity index (χ4n) is 2.99. The van der Waals surface area contributed by atoms with E-state index in [1.165, 1.54) is 23.2 Å². The average Bonchev–Trinajstić information content (AvgIpc) is 3.29. The average molecular weight is 406 g/mol. The molecule has 0 saturated heterocycles. The first-order valence-electron chi connectivity index (χ1n) is 8.72. The molecule has 144 valence electrons. The summed E-state index contributed by atoms with van der Waals surface area (Å²) in [6.45, 7) is 1.75. The second-order valence-corrected chi connectivity index (χ2v) is 6.79. The number of carbonyl (C=O) groups is 2. The summed E-state index contributed by atoms with van der Waals surface area (Å²) in [6.07, 6.45) is 1.60. The van der Waals surface area contributed by atoms with Gasteiger partial charge in [0.1, 0.15) is 11.5 Å². The van der Waals surface area contributed by atoms with E-state index in [9.17, 15) is 14.7 Å². The molecule has 1 aliphatic rings. The van der Waals surface area contributed by atoms with Gasteiger partial charge in [0.05, 0.1) is 28.0 Å². The van der Waals surface area contributed by atoms with E-state index in [0.717, 1.165) is 0 Å². The van der Waals surface area contributed by atoms with Gasteiger partial charge < -0.3 is 14.3 Å². The van der Waals surface area contributed by atoms with Gasteiger partial charge >= 0.3 is 0 Å². The van der Waals surface area contributed by atoms with Crippen molar-refractivity contribution in [2.24, 2.45) is 5.10 Å². The van der Waals surface area contributed by atoms with E-state index >= 15 is 0 Å². The number of rotatable bonds is 4. The molecule has 2 aromatic carbocycles. The van der Waals surface area contributed by atoms with Crippen LogP contribution in [0, 0.1) is 0 Å². The van der Waals surface area contributed by atoms with Crippen molar-refractivity contribution >= 4 is 41.0 Å². The quantitative estimate of drug-likeness (QED) is 0.618. The van der Waals surface area contributed by atoms with Gasteiger partial charge in [-0.2, -0.15) is 10.1 Å². The van der Waals surface area contributed by atoms with E-state index in [0.29, 0.717) is 39.1 Å². The summed E-state index contributed by atoms with van der Waals surface area (Å²) >= 11 is 6.18. The lowest BCUT2D eigenvalue weighted by atomic mass is 10.1.